The van der Waals surface area contributed by atoms with Crippen LogP contribution in [0, 0.1) is 23.7 Å². The Morgan fingerprint density at radius 2 is 1.75 bits per heavy atom. The number of hydrogen-bond donors (Lipinski definition) is 1. The molecule has 3 heteroatoms. The molecular weight excluding hydrogens is 248 g/mol. The zero-order chi connectivity index (χ0) is 13.5. The summed E-state index contributed by atoms with van der Waals surface area (Å²) in [5.74, 6) is 4.26. The number of carbonyl (C=O) groups is 1. The molecule has 0 spiro atoms. The summed E-state index contributed by atoms with van der Waals surface area (Å²) in [5, 5.41) is 3.63. The van der Waals surface area contributed by atoms with Crippen LogP contribution in [0.15, 0.2) is 0 Å². The Hall–Kier alpha value is -0.570. The van der Waals surface area contributed by atoms with Crippen LogP contribution < -0.4 is 5.32 Å². The van der Waals surface area contributed by atoms with Crippen molar-refractivity contribution in [1.82, 2.24) is 10.2 Å². The lowest BCUT2D eigenvalue weighted by atomic mass is 9.79. The van der Waals surface area contributed by atoms with Gasteiger partial charge in [0, 0.05) is 19.1 Å². The smallest absolute Gasteiger partial charge is 0.236 e. The second-order valence-electron chi connectivity index (χ2n) is 7.58. The fourth-order valence-electron chi connectivity index (χ4n) is 5.78. The molecule has 2 bridgehead atoms. The molecule has 3 nitrogen and oxygen atoms in total. The van der Waals surface area contributed by atoms with E-state index in [9.17, 15) is 4.79 Å². The maximum Gasteiger partial charge on any atom is 0.236 e. The number of fused-ring (bicyclic) bond motifs is 5. The molecule has 1 saturated heterocycles. The standard InChI is InChI=1S/C17H28N2O/c20-17(19-7-2-1-3-8-19)11-18-16-10-12-9-15(16)14-6-4-5-13(12)14/h12-16,18H,1-11H2. The van der Waals surface area contributed by atoms with E-state index in [-0.39, 0.29) is 0 Å². The molecule has 3 saturated carbocycles. The van der Waals surface area contributed by atoms with Crippen LogP contribution in [0.1, 0.15) is 51.4 Å². The fraction of sp³-hybridized carbons (Fsp3) is 0.941. The summed E-state index contributed by atoms with van der Waals surface area (Å²) in [6.45, 7) is 2.56. The van der Waals surface area contributed by atoms with Gasteiger partial charge < -0.3 is 10.2 Å². The zero-order valence-electron chi connectivity index (χ0n) is 12.5. The topological polar surface area (TPSA) is 32.3 Å². The van der Waals surface area contributed by atoms with E-state index in [1.807, 2.05) is 0 Å². The van der Waals surface area contributed by atoms with Crippen LogP contribution in [-0.4, -0.2) is 36.5 Å². The lowest BCUT2D eigenvalue weighted by Gasteiger charge is -2.33. The van der Waals surface area contributed by atoms with Crippen molar-refractivity contribution in [3.63, 3.8) is 0 Å². The molecule has 1 aliphatic heterocycles. The average molecular weight is 276 g/mol. The van der Waals surface area contributed by atoms with Crippen molar-refractivity contribution < 1.29 is 4.79 Å². The Labute approximate surface area is 122 Å². The lowest BCUT2D eigenvalue weighted by Crippen LogP contribution is -2.46. The highest BCUT2D eigenvalue weighted by atomic mass is 16.2. The predicted molar refractivity (Wildman–Crippen MR) is 79.3 cm³/mol. The second kappa shape index (κ2) is 5.32. The fourth-order valence-corrected chi connectivity index (χ4v) is 5.78. The molecule has 4 aliphatic rings. The van der Waals surface area contributed by atoms with Gasteiger partial charge in [-0.2, -0.15) is 0 Å². The SMILES string of the molecule is O=C(CNC1CC2CC1C1CCCC21)N1CCCCC1. The molecule has 4 rings (SSSR count). The first-order valence-electron chi connectivity index (χ1n) is 8.84. The van der Waals surface area contributed by atoms with Gasteiger partial charge in [0.25, 0.3) is 0 Å². The third-order valence-electron chi connectivity index (χ3n) is 6.65. The van der Waals surface area contributed by atoms with Crippen LogP contribution in [0.2, 0.25) is 0 Å². The van der Waals surface area contributed by atoms with Crippen LogP contribution in [0.25, 0.3) is 0 Å². The highest BCUT2D eigenvalue weighted by Crippen LogP contribution is 2.58. The van der Waals surface area contributed by atoms with Gasteiger partial charge in [0.05, 0.1) is 6.54 Å². The third kappa shape index (κ3) is 2.18. The Kier molecular flexibility index (Phi) is 3.49. The van der Waals surface area contributed by atoms with Crippen molar-refractivity contribution in [2.75, 3.05) is 19.6 Å². The van der Waals surface area contributed by atoms with Gasteiger partial charge in [-0.05, 0) is 68.6 Å². The number of amides is 1. The lowest BCUT2D eigenvalue weighted by molar-refractivity contribution is -0.131. The van der Waals surface area contributed by atoms with Gasteiger partial charge in [0.15, 0.2) is 0 Å². The van der Waals surface area contributed by atoms with Gasteiger partial charge in [-0.25, -0.2) is 0 Å². The molecule has 5 unspecified atom stereocenters. The molecule has 0 radical (unpaired) electrons. The zero-order valence-corrected chi connectivity index (χ0v) is 12.5. The predicted octanol–water partition coefficient (Wildman–Crippen LogP) is 2.41. The maximum absolute atomic E-state index is 12.3. The molecule has 1 heterocycles. The molecule has 3 aliphatic carbocycles. The van der Waals surface area contributed by atoms with Crippen molar-refractivity contribution >= 4 is 5.91 Å². The maximum atomic E-state index is 12.3. The van der Waals surface area contributed by atoms with Gasteiger partial charge in [-0.15, -0.1) is 0 Å². The monoisotopic (exact) mass is 276 g/mol. The first kappa shape index (κ1) is 13.1. The van der Waals surface area contributed by atoms with E-state index in [1.54, 1.807) is 0 Å². The first-order chi connectivity index (χ1) is 9.83. The van der Waals surface area contributed by atoms with Crippen LogP contribution in [0.5, 0.6) is 0 Å². The number of hydrogen-bond acceptors (Lipinski definition) is 2. The van der Waals surface area contributed by atoms with Crippen molar-refractivity contribution in [1.29, 1.82) is 0 Å². The summed E-state index contributed by atoms with van der Waals surface area (Å²) in [4.78, 5) is 14.3. The van der Waals surface area contributed by atoms with Gasteiger partial charge >= 0.3 is 0 Å². The molecule has 5 atom stereocenters. The van der Waals surface area contributed by atoms with Gasteiger partial charge in [0.1, 0.15) is 0 Å². The number of piperidine rings is 1. The highest BCUT2D eigenvalue weighted by molar-refractivity contribution is 5.78. The Morgan fingerprint density at radius 1 is 0.950 bits per heavy atom. The quantitative estimate of drug-likeness (QED) is 0.858. The molecule has 1 N–H and O–H groups in total. The van der Waals surface area contributed by atoms with Crippen molar-refractivity contribution in [3.8, 4) is 0 Å². The van der Waals surface area contributed by atoms with E-state index in [4.69, 9.17) is 0 Å². The Morgan fingerprint density at radius 3 is 2.60 bits per heavy atom. The largest absolute Gasteiger partial charge is 0.342 e. The normalized spacial score (nSPS) is 43.0. The molecular formula is C17H28N2O. The van der Waals surface area contributed by atoms with Crippen LogP contribution >= 0.6 is 0 Å². The second-order valence-corrected chi connectivity index (χ2v) is 7.58. The minimum Gasteiger partial charge on any atom is -0.342 e. The molecule has 20 heavy (non-hydrogen) atoms. The van der Waals surface area contributed by atoms with E-state index < -0.39 is 0 Å². The summed E-state index contributed by atoms with van der Waals surface area (Å²) in [6.07, 6.45) is 10.9. The Balaban J connectivity index is 1.29. The van der Waals surface area contributed by atoms with Gasteiger partial charge in [-0.3, -0.25) is 4.79 Å². The summed E-state index contributed by atoms with van der Waals surface area (Å²) >= 11 is 0. The minimum atomic E-state index is 0.343. The molecule has 0 aromatic heterocycles. The molecule has 0 aromatic carbocycles. The number of likely N-dealkylation sites (tertiary alicyclic amines) is 1. The van der Waals surface area contributed by atoms with E-state index >= 15 is 0 Å². The minimum absolute atomic E-state index is 0.343. The third-order valence-corrected chi connectivity index (χ3v) is 6.65. The van der Waals surface area contributed by atoms with E-state index in [0.717, 1.165) is 36.8 Å². The number of nitrogens with zero attached hydrogens (tertiary/aromatic N) is 1. The molecule has 0 aromatic rings. The number of carbonyl (C=O) groups excluding carboxylic acids is 1. The van der Waals surface area contributed by atoms with Crippen molar-refractivity contribution in [3.05, 3.63) is 0 Å². The van der Waals surface area contributed by atoms with Gasteiger partial charge in [-0.1, -0.05) is 6.42 Å². The van der Waals surface area contributed by atoms with Crippen molar-refractivity contribution in [2.45, 2.75) is 57.4 Å². The summed E-state index contributed by atoms with van der Waals surface area (Å²) in [5.41, 5.74) is 0. The van der Waals surface area contributed by atoms with E-state index in [1.165, 1.54) is 51.4 Å². The summed E-state index contributed by atoms with van der Waals surface area (Å²) < 4.78 is 0. The summed E-state index contributed by atoms with van der Waals surface area (Å²) in [6, 6.07) is 0.646. The summed E-state index contributed by atoms with van der Waals surface area (Å²) in [7, 11) is 0. The molecule has 112 valence electrons. The van der Waals surface area contributed by atoms with Crippen LogP contribution in [-0.2, 0) is 4.79 Å². The highest BCUT2D eigenvalue weighted by Gasteiger charge is 2.53. The number of rotatable bonds is 3. The molecule has 4 fully saturated rings. The van der Waals surface area contributed by atoms with Crippen LogP contribution in [0.4, 0.5) is 0 Å². The molecule has 1 amide bonds. The van der Waals surface area contributed by atoms with E-state index in [0.29, 0.717) is 18.5 Å². The van der Waals surface area contributed by atoms with Crippen LogP contribution in [0.3, 0.4) is 0 Å². The van der Waals surface area contributed by atoms with E-state index in [2.05, 4.69) is 10.2 Å². The van der Waals surface area contributed by atoms with Crippen molar-refractivity contribution in [2.24, 2.45) is 23.7 Å². The average Bonchev–Trinajstić information content (AvgIpc) is 3.17. The van der Waals surface area contributed by atoms with Gasteiger partial charge in [0.2, 0.25) is 5.91 Å². The first-order valence-corrected chi connectivity index (χ1v) is 8.84. The Bertz CT molecular complexity index is 377. The number of nitrogens with one attached hydrogen (secondary N) is 1.